The van der Waals surface area contributed by atoms with Crippen LogP contribution in [-0.4, -0.2) is 32.3 Å². The third-order valence-electron chi connectivity index (χ3n) is 3.99. The van der Waals surface area contributed by atoms with Crippen LogP contribution in [0.15, 0.2) is 54.6 Å². The van der Waals surface area contributed by atoms with Gasteiger partial charge in [0, 0.05) is 17.1 Å². The Labute approximate surface area is 155 Å². The van der Waals surface area contributed by atoms with Gasteiger partial charge in [0.25, 0.3) is 0 Å². The fraction of sp³-hybridized carbons (Fsp3) is 0.316. The van der Waals surface area contributed by atoms with Crippen LogP contribution in [0.5, 0.6) is 0 Å². The minimum Gasteiger partial charge on any atom is -0.362 e. The molecule has 24 heavy (non-hydrogen) atoms. The van der Waals surface area contributed by atoms with Crippen molar-refractivity contribution >= 4 is 28.9 Å². The van der Waals surface area contributed by atoms with Crippen molar-refractivity contribution in [2.24, 2.45) is 0 Å². The van der Waals surface area contributed by atoms with Gasteiger partial charge in [-0.15, -0.1) is 0 Å². The van der Waals surface area contributed by atoms with Gasteiger partial charge in [0.2, 0.25) is 0 Å². The fourth-order valence-electron chi connectivity index (χ4n) is 2.61. The van der Waals surface area contributed by atoms with Gasteiger partial charge in [-0.1, -0.05) is 60.1 Å². The predicted octanol–water partition coefficient (Wildman–Crippen LogP) is 2.23. The van der Waals surface area contributed by atoms with Crippen molar-refractivity contribution in [2.45, 2.75) is 12.5 Å². The molecule has 0 heterocycles. The zero-order valence-corrected chi connectivity index (χ0v) is 15.8. The smallest absolute Gasteiger partial charge is 0.166 e. The predicted molar refractivity (Wildman–Crippen MR) is 106 cm³/mol. The third kappa shape index (κ3) is 5.78. The zero-order chi connectivity index (χ0) is 17.4. The Morgan fingerprint density at radius 3 is 2.38 bits per heavy atom. The summed E-state index contributed by atoms with van der Waals surface area (Å²) in [6.07, 6.45) is 0.954. The van der Waals surface area contributed by atoms with Crippen molar-refractivity contribution in [3.05, 3.63) is 70.7 Å². The number of likely N-dealkylation sites (N-methyl/N-ethyl adjacent to an activating group) is 1. The summed E-state index contributed by atoms with van der Waals surface area (Å²) in [5, 5.41) is 8.07. The van der Waals surface area contributed by atoms with Gasteiger partial charge in [0.15, 0.2) is 5.11 Å². The topological polar surface area (TPSA) is 28.5 Å². The minimum absolute atomic E-state index is 0.243. The van der Waals surface area contributed by atoms with Crippen LogP contribution < -0.4 is 15.5 Å². The monoisotopic (exact) mass is 362 g/mol. The molecule has 0 saturated carbocycles. The molecule has 2 aromatic rings. The molecule has 0 unspecified atom stereocenters. The number of hydrogen-bond acceptors (Lipinski definition) is 1. The molecule has 3 nitrogen and oxygen atoms in total. The van der Waals surface area contributed by atoms with Crippen LogP contribution >= 0.6 is 23.8 Å². The molecule has 2 aromatic carbocycles. The van der Waals surface area contributed by atoms with Gasteiger partial charge in [0.05, 0.1) is 20.6 Å². The Kier molecular flexibility index (Phi) is 7.50. The van der Waals surface area contributed by atoms with Crippen molar-refractivity contribution in [1.29, 1.82) is 0 Å². The quantitative estimate of drug-likeness (QED) is 0.660. The van der Waals surface area contributed by atoms with Crippen LogP contribution in [0.2, 0.25) is 5.02 Å². The SMILES string of the molecule is C[NH+](C)[C@@H](CNC(=S)NCCc1ccccc1)c1ccccc1Cl. The molecule has 0 saturated heterocycles. The molecule has 128 valence electrons. The van der Waals surface area contributed by atoms with Crippen molar-refractivity contribution in [1.82, 2.24) is 10.6 Å². The molecule has 1 atom stereocenters. The maximum Gasteiger partial charge on any atom is 0.166 e. The molecule has 0 aromatic heterocycles. The summed E-state index contributed by atoms with van der Waals surface area (Å²) >= 11 is 11.7. The first-order valence-corrected chi connectivity index (χ1v) is 8.96. The van der Waals surface area contributed by atoms with Crippen LogP contribution in [0, 0.1) is 0 Å². The van der Waals surface area contributed by atoms with E-state index in [0.29, 0.717) is 5.11 Å². The number of benzene rings is 2. The molecule has 0 fully saturated rings. The highest BCUT2D eigenvalue weighted by atomic mass is 35.5. The van der Waals surface area contributed by atoms with E-state index in [1.807, 2.05) is 24.3 Å². The van der Waals surface area contributed by atoms with Gasteiger partial charge in [-0.2, -0.15) is 0 Å². The van der Waals surface area contributed by atoms with Crippen LogP contribution in [-0.2, 0) is 6.42 Å². The van der Waals surface area contributed by atoms with Crippen LogP contribution in [0.25, 0.3) is 0 Å². The van der Waals surface area contributed by atoms with Crippen LogP contribution in [0.3, 0.4) is 0 Å². The summed E-state index contributed by atoms with van der Waals surface area (Å²) in [5.74, 6) is 0. The Morgan fingerprint density at radius 1 is 1.04 bits per heavy atom. The Hall–Kier alpha value is -1.62. The molecule has 0 spiro atoms. The van der Waals surface area contributed by atoms with E-state index < -0.39 is 0 Å². The van der Waals surface area contributed by atoms with E-state index in [1.54, 1.807) is 0 Å². The number of halogens is 1. The molecule has 0 aliphatic carbocycles. The summed E-state index contributed by atoms with van der Waals surface area (Å²) in [6.45, 7) is 1.56. The molecule has 0 aliphatic rings. The van der Waals surface area contributed by atoms with Crippen molar-refractivity contribution in [3.8, 4) is 0 Å². The second-order valence-corrected chi connectivity index (χ2v) is 6.84. The molecule has 5 heteroatoms. The second kappa shape index (κ2) is 9.62. The van der Waals surface area contributed by atoms with Crippen LogP contribution in [0.4, 0.5) is 0 Å². The van der Waals surface area contributed by atoms with Gasteiger partial charge in [-0.05, 0) is 30.3 Å². The normalized spacial score (nSPS) is 12.0. The van der Waals surface area contributed by atoms with Gasteiger partial charge in [0.1, 0.15) is 6.04 Å². The molecular formula is C19H25ClN3S+. The zero-order valence-electron chi connectivity index (χ0n) is 14.2. The number of hydrogen-bond donors (Lipinski definition) is 3. The van der Waals surface area contributed by atoms with Crippen LogP contribution in [0.1, 0.15) is 17.2 Å². The van der Waals surface area contributed by atoms with Gasteiger partial charge in [-0.25, -0.2) is 0 Å². The number of quaternary nitrogens is 1. The lowest BCUT2D eigenvalue weighted by atomic mass is 10.1. The first-order valence-electron chi connectivity index (χ1n) is 8.18. The lowest BCUT2D eigenvalue weighted by Gasteiger charge is -2.23. The molecule has 0 bridgehead atoms. The molecule has 0 aliphatic heterocycles. The summed E-state index contributed by atoms with van der Waals surface area (Å²) in [5.41, 5.74) is 2.44. The van der Waals surface area contributed by atoms with E-state index in [4.69, 9.17) is 23.8 Å². The lowest BCUT2D eigenvalue weighted by Crippen LogP contribution is -3.07. The van der Waals surface area contributed by atoms with Crippen molar-refractivity contribution in [3.63, 3.8) is 0 Å². The first-order chi connectivity index (χ1) is 11.6. The van der Waals surface area contributed by atoms with Gasteiger partial charge >= 0.3 is 0 Å². The highest BCUT2D eigenvalue weighted by molar-refractivity contribution is 7.80. The van der Waals surface area contributed by atoms with Crippen molar-refractivity contribution < 1.29 is 4.90 Å². The maximum atomic E-state index is 6.34. The summed E-state index contributed by atoms with van der Waals surface area (Å²) in [6, 6.07) is 18.6. The van der Waals surface area contributed by atoms with E-state index >= 15 is 0 Å². The van der Waals surface area contributed by atoms with E-state index in [2.05, 4.69) is 55.1 Å². The molecule has 3 N–H and O–H groups in total. The molecule has 0 amide bonds. The summed E-state index contributed by atoms with van der Waals surface area (Å²) in [7, 11) is 4.25. The number of rotatable bonds is 7. The Morgan fingerprint density at radius 2 is 1.71 bits per heavy atom. The average molecular weight is 363 g/mol. The van der Waals surface area contributed by atoms with E-state index in [9.17, 15) is 0 Å². The highest BCUT2D eigenvalue weighted by Crippen LogP contribution is 2.20. The van der Waals surface area contributed by atoms with Gasteiger partial charge < -0.3 is 15.5 Å². The fourth-order valence-corrected chi connectivity index (χ4v) is 3.06. The standard InChI is InChI=1S/C19H24ClN3S/c1-23(2)18(16-10-6-7-11-17(16)20)14-22-19(24)21-13-12-15-8-4-3-5-9-15/h3-11,18H,12-14H2,1-2H3,(H2,21,22,24)/p+1/t18-/m0/s1. The first kappa shape index (κ1) is 18.7. The maximum absolute atomic E-state index is 6.34. The minimum atomic E-state index is 0.243. The number of nitrogens with one attached hydrogen (secondary N) is 3. The lowest BCUT2D eigenvalue weighted by molar-refractivity contribution is -0.890. The van der Waals surface area contributed by atoms with E-state index in [1.165, 1.54) is 10.5 Å². The largest absolute Gasteiger partial charge is 0.362 e. The third-order valence-corrected chi connectivity index (χ3v) is 4.62. The second-order valence-electron chi connectivity index (χ2n) is 6.02. The van der Waals surface area contributed by atoms with Gasteiger partial charge in [-0.3, -0.25) is 0 Å². The molecule has 0 radical (unpaired) electrons. The highest BCUT2D eigenvalue weighted by Gasteiger charge is 2.20. The Balaban J connectivity index is 1.81. The summed E-state index contributed by atoms with van der Waals surface area (Å²) < 4.78 is 0. The molecule has 2 rings (SSSR count). The molecular weight excluding hydrogens is 338 g/mol. The van der Waals surface area contributed by atoms with E-state index in [-0.39, 0.29) is 6.04 Å². The number of thiocarbonyl (C=S) groups is 1. The Bertz CT molecular complexity index is 646. The average Bonchev–Trinajstić information content (AvgIpc) is 2.57. The summed E-state index contributed by atoms with van der Waals surface area (Å²) in [4.78, 5) is 1.31. The van der Waals surface area contributed by atoms with Crippen molar-refractivity contribution in [2.75, 3.05) is 27.2 Å². The van der Waals surface area contributed by atoms with E-state index in [0.717, 1.165) is 30.1 Å².